The van der Waals surface area contributed by atoms with Gasteiger partial charge in [-0.1, -0.05) is 6.92 Å². The van der Waals surface area contributed by atoms with E-state index in [2.05, 4.69) is 22.9 Å². The van der Waals surface area contributed by atoms with E-state index in [-0.39, 0.29) is 11.9 Å². The first-order valence-electron chi connectivity index (χ1n) is 8.63. The van der Waals surface area contributed by atoms with Gasteiger partial charge in [-0.2, -0.15) is 0 Å². The number of nitrogens with one attached hydrogen (secondary N) is 3. The van der Waals surface area contributed by atoms with Crippen LogP contribution in [0.15, 0.2) is 53.1 Å². The number of furan rings is 1. The second-order valence-corrected chi connectivity index (χ2v) is 7.22. The van der Waals surface area contributed by atoms with E-state index in [0.717, 1.165) is 6.42 Å². The first-order chi connectivity index (χ1) is 13.0. The number of thiophene rings is 1. The Morgan fingerprint density at radius 2 is 1.78 bits per heavy atom. The van der Waals surface area contributed by atoms with Gasteiger partial charge in [0.25, 0.3) is 5.91 Å². The second kappa shape index (κ2) is 8.55. The van der Waals surface area contributed by atoms with Crippen LogP contribution in [0.1, 0.15) is 32.8 Å². The van der Waals surface area contributed by atoms with Crippen molar-refractivity contribution >= 4 is 34.6 Å². The third kappa shape index (κ3) is 4.98. The van der Waals surface area contributed by atoms with E-state index in [1.807, 2.05) is 13.0 Å². The number of urea groups is 1. The quantitative estimate of drug-likeness (QED) is 0.572. The maximum absolute atomic E-state index is 12.4. The average molecular weight is 383 g/mol. The summed E-state index contributed by atoms with van der Waals surface area (Å²) in [5, 5.41) is 8.31. The van der Waals surface area contributed by atoms with Crippen molar-refractivity contribution in [2.75, 3.05) is 10.6 Å². The fourth-order valence-corrected chi connectivity index (χ4v) is 3.58. The van der Waals surface area contributed by atoms with Crippen LogP contribution in [0.3, 0.4) is 0 Å². The number of benzene rings is 1. The number of rotatable bonds is 6. The molecule has 3 amide bonds. The molecule has 0 aliphatic carbocycles. The molecule has 0 aliphatic rings. The highest BCUT2D eigenvalue weighted by Gasteiger charge is 2.12. The smallest absolute Gasteiger partial charge is 0.319 e. The number of aryl methyl sites for hydroxylation is 2. The van der Waals surface area contributed by atoms with Crippen molar-refractivity contribution in [3.8, 4) is 0 Å². The summed E-state index contributed by atoms with van der Waals surface area (Å²) >= 11 is 1.50. The number of hydrogen-bond acceptors (Lipinski definition) is 4. The van der Waals surface area contributed by atoms with Crippen molar-refractivity contribution in [1.82, 2.24) is 5.32 Å². The van der Waals surface area contributed by atoms with Gasteiger partial charge in [0.1, 0.15) is 5.76 Å². The molecule has 0 spiro atoms. The maximum Gasteiger partial charge on any atom is 0.319 e. The topological polar surface area (TPSA) is 83.4 Å². The molecule has 0 saturated heterocycles. The molecular formula is C20H21N3O3S. The van der Waals surface area contributed by atoms with E-state index in [4.69, 9.17) is 4.42 Å². The van der Waals surface area contributed by atoms with Gasteiger partial charge in [-0.25, -0.2) is 4.79 Å². The van der Waals surface area contributed by atoms with E-state index in [9.17, 15) is 9.59 Å². The Hall–Kier alpha value is -3.06. The highest BCUT2D eigenvalue weighted by molar-refractivity contribution is 7.14. The zero-order valence-electron chi connectivity index (χ0n) is 15.2. The summed E-state index contributed by atoms with van der Waals surface area (Å²) in [6, 6.07) is 12.1. The van der Waals surface area contributed by atoms with Gasteiger partial charge in [0, 0.05) is 16.3 Å². The van der Waals surface area contributed by atoms with Crippen LogP contribution in [0.25, 0.3) is 0 Å². The average Bonchev–Trinajstić information content (AvgIpc) is 3.31. The Morgan fingerprint density at radius 1 is 1.07 bits per heavy atom. The summed E-state index contributed by atoms with van der Waals surface area (Å²) in [5.74, 6) is 0.554. The molecule has 3 rings (SSSR count). The molecule has 140 valence electrons. The van der Waals surface area contributed by atoms with Crippen molar-refractivity contribution in [3.63, 3.8) is 0 Å². The minimum Gasteiger partial charge on any atom is -0.467 e. The van der Waals surface area contributed by atoms with Gasteiger partial charge in [-0.05, 0) is 61.4 Å². The van der Waals surface area contributed by atoms with Gasteiger partial charge < -0.3 is 20.4 Å². The van der Waals surface area contributed by atoms with E-state index in [1.165, 1.54) is 21.8 Å². The number of hydrogen-bond donors (Lipinski definition) is 3. The van der Waals surface area contributed by atoms with Crippen molar-refractivity contribution in [3.05, 3.63) is 69.8 Å². The Kier molecular flexibility index (Phi) is 5.93. The Labute approximate surface area is 161 Å². The summed E-state index contributed by atoms with van der Waals surface area (Å²) in [7, 11) is 0. The van der Waals surface area contributed by atoms with Gasteiger partial charge in [-0.15, -0.1) is 11.3 Å². The molecule has 6 nitrogen and oxygen atoms in total. The molecule has 3 aromatic rings. The Morgan fingerprint density at radius 3 is 2.37 bits per heavy atom. The van der Waals surface area contributed by atoms with Crippen LogP contribution in [-0.2, 0) is 13.0 Å². The lowest BCUT2D eigenvalue weighted by atomic mass is 10.2. The fraction of sp³-hybridized carbons (Fsp3) is 0.200. The van der Waals surface area contributed by atoms with Gasteiger partial charge in [0.15, 0.2) is 0 Å². The standard InChI is InChI=1S/C20H21N3O3S/c1-3-14-11-18(27-13(14)2)19(24)22-15-6-8-16(9-7-15)23-20(25)21-12-17-5-4-10-26-17/h4-11H,3,12H2,1-2H3,(H,22,24)(H2,21,23,25). The van der Waals surface area contributed by atoms with E-state index in [0.29, 0.717) is 28.6 Å². The highest BCUT2D eigenvalue weighted by Crippen LogP contribution is 2.23. The molecule has 27 heavy (non-hydrogen) atoms. The molecule has 0 aliphatic heterocycles. The van der Waals surface area contributed by atoms with Gasteiger partial charge in [-0.3, -0.25) is 4.79 Å². The van der Waals surface area contributed by atoms with Crippen LogP contribution in [0.5, 0.6) is 0 Å². The van der Waals surface area contributed by atoms with Crippen LogP contribution in [-0.4, -0.2) is 11.9 Å². The first kappa shape index (κ1) is 18.7. The second-order valence-electron chi connectivity index (χ2n) is 5.96. The maximum atomic E-state index is 12.4. The molecule has 0 radical (unpaired) electrons. The number of carbonyl (C=O) groups is 2. The van der Waals surface area contributed by atoms with Crippen LogP contribution in [0, 0.1) is 6.92 Å². The number of carbonyl (C=O) groups excluding carboxylic acids is 2. The van der Waals surface area contributed by atoms with E-state index in [1.54, 1.807) is 42.7 Å². The lowest BCUT2D eigenvalue weighted by Crippen LogP contribution is -2.27. The molecule has 0 saturated carbocycles. The summed E-state index contributed by atoms with van der Waals surface area (Å²) in [5.41, 5.74) is 2.50. The monoisotopic (exact) mass is 383 g/mol. The molecule has 2 heterocycles. The summed E-state index contributed by atoms with van der Waals surface area (Å²) < 4.78 is 5.16. The Bertz CT molecular complexity index is 915. The van der Waals surface area contributed by atoms with Crippen molar-refractivity contribution in [2.45, 2.75) is 26.8 Å². The molecule has 0 fully saturated rings. The van der Waals surface area contributed by atoms with Gasteiger partial charge in [0.2, 0.25) is 0 Å². The molecule has 2 aromatic heterocycles. The van der Waals surface area contributed by atoms with Crippen molar-refractivity contribution in [2.24, 2.45) is 0 Å². The molecule has 0 bridgehead atoms. The third-order valence-corrected chi connectivity index (χ3v) is 5.12. The molecule has 1 aromatic carbocycles. The molecular weight excluding hydrogens is 362 g/mol. The molecule has 0 atom stereocenters. The third-order valence-electron chi connectivity index (χ3n) is 4.03. The highest BCUT2D eigenvalue weighted by atomic mass is 32.1. The van der Waals surface area contributed by atoms with Crippen LogP contribution < -0.4 is 16.0 Å². The Balaban J connectivity index is 1.53. The summed E-state index contributed by atoms with van der Waals surface area (Å²) in [6.07, 6.45) is 2.47. The summed E-state index contributed by atoms with van der Waals surface area (Å²) in [6.45, 7) is 4.41. The molecule has 7 heteroatoms. The zero-order chi connectivity index (χ0) is 19.2. The van der Waals surface area contributed by atoms with Crippen molar-refractivity contribution in [1.29, 1.82) is 0 Å². The molecule has 0 unspecified atom stereocenters. The lowest BCUT2D eigenvalue weighted by Gasteiger charge is -2.08. The van der Waals surface area contributed by atoms with E-state index < -0.39 is 0 Å². The first-order valence-corrected chi connectivity index (χ1v) is 9.44. The van der Waals surface area contributed by atoms with Crippen LogP contribution >= 0.6 is 11.3 Å². The number of anilines is 2. The van der Waals surface area contributed by atoms with Gasteiger partial charge in [0.05, 0.1) is 17.7 Å². The fourth-order valence-electron chi connectivity index (χ4n) is 2.57. The largest absolute Gasteiger partial charge is 0.467 e. The number of amides is 3. The lowest BCUT2D eigenvalue weighted by molar-refractivity contribution is 0.103. The zero-order valence-corrected chi connectivity index (χ0v) is 16.0. The SMILES string of the molecule is CCc1cc(C(=O)Nc2ccc(NC(=O)NCc3ccco3)cc2)sc1C. The normalized spacial score (nSPS) is 10.4. The predicted molar refractivity (Wildman–Crippen MR) is 107 cm³/mol. The van der Waals surface area contributed by atoms with E-state index >= 15 is 0 Å². The minimum atomic E-state index is -0.329. The minimum absolute atomic E-state index is 0.125. The predicted octanol–water partition coefficient (Wildman–Crippen LogP) is 4.79. The van der Waals surface area contributed by atoms with Crippen LogP contribution in [0.4, 0.5) is 16.2 Å². The molecule has 3 N–H and O–H groups in total. The van der Waals surface area contributed by atoms with Gasteiger partial charge >= 0.3 is 6.03 Å². The van der Waals surface area contributed by atoms with Crippen LogP contribution in [0.2, 0.25) is 0 Å². The summed E-state index contributed by atoms with van der Waals surface area (Å²) in [4.78, 5) is 26.1. The van der Waals surface area contributed by atoms with Crippen molar-refractivity contribution < 1.29 is 14.0 Å².